The van der Waals surface area contributed by atoms with Crippen molar-refractivity contribution in [2.24, 2.45) is 11.3 Å². The molecule has 0 fully saturated rings. The normalized spacial score (nSPS) is 16.7. The van der Waals surface area contributed by atoms with Crippen molar-refractivity contribution in [3.05, 3.63) is 0 Å². The van der Waals surface area contributed by atoms with Crippen LogP contribution < -0.4 is 0 Å². The van der Waals surface area contributed by atoms with Gasteiger partial charge in [0.05, 0.1) is 12.7 Å². The van der Waals surface area contributed by atoms with Gasteiger partial charge < -0.3 is 9.84 Å². The van der Waals surface area contributed by atoms with E-state index in [1.54, 1.807) is 0 Å². The molecule has 0 aromatic carbocycles. The molecule has 0 amide bonds. The van der Waals surface area contributed by atoms with Crippen molar-refractivity contribution in [2.45, 2.75) is 53.6 Å². The van der Waals surface area contributed by atoms with Gasteiger partial charge in [-0.1, -0.05) is 41.0 Å². The molecule has 0 aromatic rings. The number of hydrogen-bond donors (Lipinski definition) is 1. The van der Waals surface area contributed by atoms with Crippen LogP contribution in [0.4, 0.5) is 0 Å². The topological polar surface area (TPSA) is 29.5 Å². The Hall–Kier alpha value is -0.0800. The largest absolute Gasteiger partial charge is 0.390 e. The van der Waals surface area contributed by atoms with Crippen LogP contribution in [0, 0.1) is 11.3 Å². The first-order valence-electron chi connectivity index (χ1n) is 5.63. The second-order valence-corrected chi connectivity index (χ2v) is 5.31. The predicted molar refractivity (Wildman–Crippen MR) is 60.4 cm³/mol. The van der Waals surface area contributed by atoms with E-state index >= 15 is 0 Å². The van der Waals surface area contributed by atoms with Crippen LogP contribution in [0.25, 0.3) is 0 Å². The van der Waals surface area contributed by atoms with E-state index in [2.05, 4.69) is 13.8 Å². The summed E-state index contributed by atoms with van der Waals surface area (Å²) < 4.78 is 5.49. The minimum atomic E-state index is -0.365. The van der Waals surface area contributed by atoms with Gasteiger partial charge in [0, 0.05) is 6.61 Å². The van der Waals surface area contributed by atoms with E-state index in [1.807, 2.05) is 20.8 Å². The van der Waals surface area contributed by atoms with Gasteiger partial charge in [0.25, 0.3) is 0 Å². The second-order valence-electron chi connectivity index (χ2n) is 5.31. The fraction of sp³-hybridized carbons (Fsp3) is 1.00. The van der Waals surface area contributed by atoms with Gasteiger partial charge in [-0.2, -0.15) is 0 Å². The molecule has 86 valence electrons. The van der Waals surface area contributed by atoms with E-state index in [-0.39, 0.29) is 11.5 Å². The van der Waals surface area contributed by atoms with Crippen LogP contribution in [0.3, 0.4) is 0 Å². The molecule has 0 aliphatic carbocycles. The highest BCUT2D eigenvalue weighted by Gasteiger charge is 2.22. The first-order chi connectivity index (χ1) is 6.38. The average molecular weight is 202 g/mol. The first kappa shape index (κ1) is 13.9. The lowest BCUT2D eigenvalue weighted by Gasteiger charge is -2.26. The van der Waals surface area contributed by atoms with Crippen LogP contribution in [-0.2, 0) is 4.74 Å². The van der Waals surface area contributed by atoms with Gasteiger partial charge in [-0.3, -0.25) is 0 Å². The highest BCUT2D eigenvalue weighted by molar-refractivity contribution is 4.71. The molecule has 2 nitrogen and oxygen atoms in total. The molecule has 0 heterocycles. The number of aliphatic hydroxyl groups is 1. The first-order valence-corrected chi connectivity index (χ1v) is 5.63. The maximum Gasteiger partial charge on any atom is 0.0821 e. The molecular formula is C12H26O2. The third-order valence-corrected chi connectivity index (χ3v) is 2.46. The maximum atomic E-state index is 9.70. The van der Waals surface area contributed by atoms with Crippen molar-refractivity contribution in [3.63, 3.8) is 0 Å². The lowest BCUT2D eigenvalue weighted by molar-refractivity contribution is -0.0284. The highest BCUT2D eigenvalue weighted by Crippen LogP contribution is 2.19. The van der Waals surface area contributed by atoms with E-state index in [0.29, 0.717) is 12.5 Å². The van der Waals surface area contributed by atoms with Crippen LogP contribution in [0.2, 0.25) is 0 Å². The molecule has 0 saturated carbocycles. The standard InChI is InChI=1S/C12H26O2/c1-6-7-10(2)8-14-9-11(13)12(3,4)5/h10-11,13H,6-9H2,1-5H3. The average Bonchev–Trinajstić information content (AvgIpc) is 2.02. The monoisotopic (exact) mass is 202 g/mol. The molecule has 0 radical (unpaired) electrons. The molecular weight excluding hydrogens is 176 g/mol. The lowest BCUT2D eigenvalue weighted by atomic mass is 9.90. The van der Waals surface area contributed by atoms with Crippen LogP contribution in [0.15, 0.2) is 0 Å². The Morgan fingerprint density at radius 1 is 1.21 bits per heavy atom. The Labute approximate surface area is 88.7 Å². The summed E-state index contributed by atoms with van der Waals surface area (Å²) in [6, 6.07) is 0. The van der Waals surface area contributed by atoms with Crippen molar-refractivity contribution in [2.75, 3.05) is 13.2 Å². The zero-order chi connectivity index (χ0) is 11.2. The predicted octanol–water partition coefficient (Wildman–Crippen LogP) is 2.85. The Morgan fingerprint density at radius 3 is 2.21 bits per heavy atom. The maximum absolute atomic E-state index is 9.70. The molecule has 0 rings (SSSR count). The molecule has 0 bridgehead atoms. The summed E-state index contributed by atoms with van der Waals surface area (Å²) in [5.74, 6) is 0.604. The summed E-state index contributed by atoms with van der Waals surface area (Å²) in [6.45, 7) is 11.7. The van der Waals surface area contributed by atoms with Gasteiger partial charge in [0.1, 0.15) is 0 Å². The molecule has 0 spiro atoms. The SMILES string of the molecule is CCCC(C)COCC(O)C(C)(C)C. The minimum Gasteiger partial charge on any atom is -0.390 e. The molecule has 2 atom stereocenters. The van der Waals surface area contributed by atoms with Crippen molar-refractivity contribution >= 4 is 0 Å². The van der Waals surface area contributed by atoms with Crippen molar-refractivity contribution in [1.82, 2.24) is 0 Å². The van der Waals surface area contributed by atoms with E-state index in [0.717, 1.165) is 6.61 Å². The summed E-state index contributed by atoms with van der Waals surface area (Å²) in [5, 5.41) is 9.70. The smallest absolute Gasteiger partial charge is 0.0821 e. The molecule has 1 N–H and O–H groups in total. The number of hydrogen-bond acceptors (Lipinski definition) is 2. The lowest BCUT2D eigenvalue weighted by Crippen LogP contribution is -2.31. The zero-order valence-corrected chi connectivity index (χ0v) is 10.3. The molecule has 2 unspecified atom stereocenters. The van der Waals surface area contributed by atoms with Gasteiger partial charge in [-0.05, 0) is 17.8 Å². The Kier molecular flexibility index (Phi) is 6.38. The van der Waals surface area contributed by atoms with Crippen LogP contribution >= 0.6 is 0 Å². The van der Waals surface area contributed by atoms with Gasteiger partial charge >= 0.3 is 0 Å². The number of aliphatic hydroxyl groups excluding tert-OH is 1. The molecule has 0 aliphatic heterocycles. The number of ether oxygens (including phenoxy) is 1. The molecule has 2 heteroatoms. The third kappa shape index (κ3) is 6.39. The van der Waals surface area contributed by atoms with E-state index in [4.69, 9.17) is 4.74 Å². The molecule has 0 saturated heterocycles. The van der Waals surface area contributed by atoms with Gasteiger partial charge in [0.15, 0.2) is 0 Å². The Morgan fingerprint density at radius 2 is 1.79 bits per heavy atom. The summed E-state index contributed by atoms with van der Waals surface area (Å²) in [7, 11) is 0. The Bertz CT molecular complexity index is 138. The summed E-state index contributed by atoms with van der Waals surface area (Å²) in [5.41, 5.74) is -0.0754. The molecule has 14 heavy (non-hydrogen) atoms. The molecule has 0 aromatic heterocycles. The summed E-state index contributed by atoms with van der Waals surface area (Å²) in [6.07, 6.45) is 2.04. The van der Waals surface area contributed by atoms with E-state index in [1.165, 1.54) is 12.8 Å². The minimum absolute atomic E-state index is 0.0754. The highest BCUT2D eigenvalue weighted by atomic mass is 16.5. The second kappa shape index (κ2) is 6.41. The quantitative estimate of drug-likeness (QED) is 0.717. The molecule has 0 aliphatic rings. The summed E-state index contributed by atoms with van der Waals surface area (Å²) >= 11 is 0. The fourth-order valence-electron chi connectivity index (χ4n) is 1.21. The zero-order valence-electron chi connectivity index (χ0n) is 10.3. The van der Waals surface area contributed by atoms with Crippen LogP contribution in [0.1, 0.15) is 47.5 Å². The van der Waals surface area contributed by atoms with E-state index in [9.17, 15) is 5.11 Å². The van der Waals surface area contributed by atoms with Crippen molar-refractivity contribution in [1.29, 1.82) is 0 Å². The van der Waals surface area contributed by atoms with Gasteiger partial charge in [0.2, 0.25) is 0 Å². The van der Waals surface area contributed by atoms with Crippen molar-refractivity contribution < 1.29 is 9.84 Å². The number of rotatable bonds is 6. The van der Waals surface area contributed by atoms with Crippen LogP contribution in [-0.4, -0.2) is 24.4 Å². The van der Waals surface area contributed by atoms with Crippen molar-refractivity contribution in [3.8, 4) is 0 Å². The van der Waals surface area contributed by atoms with Crippen LogP contribution in [0.5, 0.6) is 0 Å². The fourth-order valence-corrected chi connectivity index (χ4v) is 1.21. The third-order valence-electron chi connectivity index (χ3n) is 2.46. The Balaban J connectivity index is 3.54. The summed E-state index contributed by atoms with van der Waals surface area (Å²) in [4.78, 5) is 0. The van der Waals surface area contributed by atoms with Gasteiger partial charge in [-0.25, -0.2) is 0 Å². The van der Waals surface area contributed by atoms with Gasteiger partial charge in [-0.15, -0.1) is 0 Å². The van der Waals surface area contributed by atoms with E-state index < -0.39 is 0 Å².